The first-order valence-corrected chi connectivity index (χ1v) is 22.2. The molecule has 0 radical (unpaired) electrons. The predicted octanol–water partition coefficient (Wildman–Crippen LogP) is 13.9. The van der Waals surface area contributed by atoms with E-state index in [1.54, 1.807) is 0 Å². The van der Waals surface area contributed by atoms with Gasteiger partial charge in [-0.15, -0.1) is 0 Å². The Hall–Kier alpha value is -6.20. The van der Waals surface area contributed by atoms with Crippen molar-refractivity contribution in [3.63, 3.8) is 0 Å². The van der Waals surface area contributed by atoms with Gasteiger partial charge in [-0.3, -0.25) is 9.56 Å². The zero-order valence-corrected chi connectivity index (χ0v) is 37.3. The number of hydrogen-bond acceptors (Lipinski definition) is 3. The Morgan fingerprint density at radius 2 is 1.49 bits per heavy atom. The average Bonchev–Trinajstić information content (AvgIpc) is 3.87. The molecule has 5 heteroatoms. The smallest absolute Gasteiger partial charge is 0.145 e. The number of aryl methyl sites for hydroxylation is 3. The number of amidine groups is 1. The fraction of sp³-hybridized carbons (Fsp3) is 0.286. The van der Waals surface area contributed by atoms with E-state index in [-0.39, 0.29) is 11.1 Å². The summed E-state index contributed by atoms with van der Waals surface area (Å²) in [6, 6.07) is 39.1. The first-order chi connectivity index (χ1) is 29.3. The molecule has 0 unspecified atom stereocenters. The van der Waals surface area contributed by atoms with Crippen molar-refractivity contribution < 1.29 is 0 Å². The molecular weight excluding hydrogens is 743 g/mol. The van der Waals surface area contributed by atoms with Crippen LogP contribution in [-0.2, 0) is 12.0 Å². The highest BCUT2D eigenvalue weighted by Crippen LogP contribution is 2.58. The second-order valence-corrected chi connectivity index (χ2v) is 19.3. The van der Waals surface area contributed by atoms with Gasteiger partial charge in [0.05, 0.1) is 27.6 Å². The first-order valence-electron chi connectivity index (χ1n) is 22.2. The normalized spacial score (nSPS) is 21.4. The molecule has 5 nitrogen and oxygen atoms in total. The summed E-state index contributed by atoms with van der Waals surface area (Å²) in [5.41, 5.74) is 19.5. The molecule has 0 amide bonds. The summed E-state index contributed by atoms with van der Waals surface area (Å²) in [5, 5.41) is 4.91. The second-order valence-electron chi connectivity index (χ2n) is 19.3. The van der Waals surface area contributed by atoms with Gasteiger partial charge >= 0.3 is 0 Å². The number of allylic oxidation sites excluding steroid dienone is 4. The van der Waals surface area contributed by atoms with Crippen LogP contribution in [0.4, 0.5) is 0 Å². The minimum atomic E-state index is -0.343. The molecule has 0 fully saturated rings. The standard InChI is InChI=1S/C56H55N5/c1-32(2)39-19-23-48-45(28-39)43-14-12-24-57-54(43)59(48)41-20-21-42-44-27-33(3)16-22-49(44)60(51(42)30-41)50-29-40(18-17-36(50)6)53-58-55(9)31-46-35(5)13-11-15-47(46)56(55,10)61(53)52-37(7)25-34(4)26-38(52)8/h11-25,27-30,32,38H,26,31H2,1-10H3/t38-,55+,56-/m0/s1. The van der Waals surface area contributed by atoms with Crippen molar-refractivity contribution >= 4 is 49.6 Å². The number of hydrogen-bond donors (Lipinski definition) is 0. The number of aliphatic imine (C=N–C) groups is 1. The molecule has 3 aromatic heterocycles. The fourth-order valence-electron chi connectivity index (χ4n) is 11.6. The Balaban J connectivity index is 1.15. The van der Waals surface area contributed by atoms with E-state index in [9.17, 15) is 0 Å². The van der Waals surface area contributed by atoms with Crippen LogP contribution in [0.3, 0.4) is 0 Å². The van der Waals surface area contributed by atoms with E-state index < -0.39 is 0 Å². The number of aromatic nitrogens is 3. The van der Waals surface area contributed by atoms with Crippen LogP contribution < -0.4 is 0 Å². The largest absolute Gasteiger partial charge is 0.317 e. The van der Waals surface area contributed by atoms with E-state index in [1.807, 2.05) is 6.20 Å². The van der Waals surface area contributed by atoms with Crippen LogP contribution in [0.25, 0.3) is 55.1 Å². The Morgan fingerprint density at radius 1 is 0.705 bits per heavy atom. The molecule has 3 atom stereocenters. The van der Waals surface area contributed by atoms with Crippen LogP contribution in [0.2, 0.25) is 0 Å². The third-order valence-electron chi connectivity index (χ3n) is 14.8. The van der Waals surface area contributed by atoms with E-state index in [1.165, 1.54) is 94.0 Å². The van der Waals surface area contributed by atoms with Gasteiger partial charge in [0, 0.05) is 62.7 Å². The zero-order valence-electron chi connectivity index (χ0n) is 37.3. The van der Waals surface area contributed by atoms with Crippen LogP contribution in [0.15, 0.2) is 137 Å². The van der Waals surface area contributed by atoms with Crippen molar-refractivity contribution in [1.82, 2.24) is 19.0 Å². The summed E-state index contributed by atoms with van der Waals surface area (Å²) < 4.78 is 4.86. The fourth-order valence-corrected chi connectivity index (χ4v) is 11.6. The van der Waals surface area contributed by atoms with Gasteiger partial charge in [0.1, 0.15) is 11.5 Å². The third kappa shape index (κ3) is 5.25. The summed E-state index contributed by atoms with van der Waals surface area (Å²) in [6.07, 6.45) is 6.30. The van der Waals surface area contributed by atoms with Crippen LogP contribution in [0.1, 0.15) is 99.7 Å². The number of rotatable bonds is 5. The Labute approximate surface area is 359 Å². The molecule has 2 aliphatic carbocycles. The van der Waals surface area contributed by atoms with Crippen molar-refractivity contribution in [2.45, 2.75) is 99.1 Å². The van der Waals surface area contributed by atoms with E-state index in [0.29, 0.717) is 11.8 Å². The van der Waals surface area contributed by atoms with Crippen molar-refractivity contribution in [1.29, 1.82) is 0 Å². The molecule has 3 aliphatic rings. The van der Waals surface area contributed by atoms with Crippen LogP contribution in [-0.4, -0.2) is 30.4 Å². The maximum absolute atomic E-state index is 5.90. The van der Waals surface area contributed by atoms with Crippen LogP contribution >= 0.6 is 0 Å². The minimum absolute atomic E-state index is 0.337. The zero-order chi connectivity index (χ0) is 42.3. The van der Waals surface area contributed by atoms with E-state index in [0.717, 1.165) is 35.6 Å². The van der Waals surface area contributed by atoms with Crippen LogP contribution in [0, 0.1) is 26.7 Å². The van der Waals surface area contributed by atoms with Gasteiger partial charge in [0.2, 0.25) is 0 Å². The summed E-state index contributed by atoms with van der Waals surface area (Å²) in [4.78, 5) is 13.6. The molecule has 1 aliphatic heterocycles. The highest BCUT2D eigenvalue weighted by Gasteiger charge is 2.62. The maximum atomic E-state index is 5.90. The molecule has 304 valence electrons. The monoisotopic (exact) mass is 797 g/mol. The minimum Gasteiger partial charge on any atom is -0.317 e. The molecular formula is C56H55N5. The molecule has 0 bridgehead atoms. The quantitative estimate of drug-likeness (QED) is 0.174. The highest BCUT2D eigenvalue weighted by molar-refractivity contribution is 6.12. The van der Waals surface area contributed by atoms with Crippen LogP contribution in [0.5, 0.6) is 0 Å². The lowest BCUT2D eigenvalue weighted by atomic mass is 9.77. The molecule has 4 heterocycles. The number of fused-ring (bicyclic) bond motifs is 9. The van der Waals surface area contributed by atoms with E-state index in [2.05, 4.69) is 192 Å². The van der Waals surface area contributed by atoms with Crippen molar-refractivity contribution in [2.24, 2.45) is 10.9 Å². The molecule has 11 rings (SSSR count). The van der Waals surface area contributed by atoms with Gasteiger partial charge in [-0.25, -0.2) is 4.98 Å². The lowest BCUT2D eigenvalue weighted by Crippen LogP contribution is -2.52. The third-order valence-corrected chi connectivity index (χ3v) is 14.8. The number of pyridine rings is 1. The van der Waals surface area contributed by atoms with E-state index >= 15 is 0 Å². The molecule has 0 spiro atoms. The number of nitrogens with zero attached hydrogens (tertiary/aromatic N) is 5. The lowest BCUT2D eigenvalue weighted by molar-refractivity contribution is 0.162. The highest BCUT2D eigenvalue weighted by atomic mass is 15.4. The van der Waals surface area contributed by atoms with Gasteiger partial charge in [0.25, 0.3) is 0 Å². The summed E-state index contributed by atoms with van der Waals surface area (Å²) in [5.74, 6) is 1.87. The Kier molecular flexibility index (Phi) is 8.14. The molecule has 0 saturated heterocycles. The summed E-state index contributed by atoms with van der Waals surface area (Å²) in [6.45, 7) is 23.1. The molecule has 5 aromatic carbocycles. The topological polar surface area (TPSA) is 38.4 Å². The van der Waals surface area contributed by atoms with E-state index in [4.69, 9.17) is 9.98 Å². The predicted molar refractivity (Wildman–Crippen MR) is 256 cm³/mol. The molecule has 0 saturated carbocycles. The van der Waals surface area contributed by atoms with Gasteiger partial charge in [-0.1, -0.05) is 86.5 Å². The summed E-state index contributed by atoms with van der Waals surface area (Å²) in [7, 11) is 0. The van der Waals surface area contributed by atoms with Gasteiger partial charge in [0.15, 0.2) is 0 Å². The Morgan fingerprint density at radius 3 is 2.30 bits per heavy atom. The summed E-state index contributed by atoms with van der Waals surface area (Å²) >= 11 is 0. The number of benzene rings is 5. The van der Waals surface area contributed by atoms with Crippen molar-refractivity contribution in [3.05, 3.63) is 171 Å². The second kappa shape index (κ2) is 13.1. The first kappa shape index (κ1) is 37.8. The molecule has 8 aromatic rings. The molecule has 61 heavy (non-hydrogen) atoms. The van der Waals surface area contributed by atoms with Crippen molar-refractivity contribution in [2.75, 3.05) is 0 Å². The average molecular weight is 798 g/mol. The SMILES string of the molecule is CC1=CC(C)=C(N2C(c3ccc(C)c(-n4c5ccc(C)cc5c5ccc(-n6c7ccc(C(C)C)cc7c7cccnc76)cc54)c3)=N[C@]3(C)Cc4c(C)cccc4[C@]23C)[C@@H](C)C1. The van der Waals surface area contributed by atoms with Gasteiger partial charge < -0.3 is 9.47 Å². The maximum Gasteiger partial charge on any atom is 0.145 e. The molecule has 0 N–H and O–H groups in total. The van der Waals surface area contributed by atoms with Gasteiger partial charge in [-0.2, -0.15) is 0 Å². The Bertz CT molecular complexity index is 3290. The van der Waals surface area contributed by atoms with Crippen molar-refractivity contribution in [3.8, 4) is 11.4 Å². The van der Waals surface area contributed by atoms with Gasteiger partial charge in [-0.05, 0) is 149 Å². The lowest BCUT2D eigenvalue weighted by Gasteiger charge is -2.46.